The summed E-state index contributed by atoms with van der Waals surface area (Å²) in [6, 6.07) is 0. The van der Waals surface area contributed by atoms with E-state index in [4.69, 9.17) is 0 Å². The number of nitrogens with zero attached hydrogens (tertiary/aromatic N) is 4. The zero-order valence-electron chi connectivity index (χ0n) is 8.97. The van der Waals surface area contributed by atoms with Crippen LogP contribution in [0.4, 0.5) is 0 Å². The fourth-order valence-electron chi connectivity index (χ4n) is 1.25. The zero-order chi connectivity index (χ0) is 11.5. The van der Waals surface area contributed by atoms with Gasteiger partial charge in [-0.2, -0.15) is 5.10 Å². The van der Waals surface area contributed by atoms with Gasteiger partial charge in [-0.3, -0.25) is 9.48 Å². The van der Waals surface area contributed by atoms with Gasteiger partial charge in [0.05, 0.1) is 12.4 Å². The van der Waals surface area contributed by atoms with Crippen LogP contribution in [0.3, 0.4) is 0 Å². The van der Waals surface area contributed by atoms with Gasteiger partial charge in [0.1, 0.15) is 4.88 Å². The molecule has 1 amide bonds. The molecule has 0 saturated heterocycles. The molecular weight excluding hydrogens is 226 g/mol. The fraction of sp³-hybridized carbons (Fsp3) is 0.333. The molecule has 16 heavy (non-hydrogen) atoms. The number of aryl methyl sites for hydroxylation is 1. The summed E-state index contributed by atoms with van der Waals surface area (Å²) in [5.74, 6) is -0.154. The maximum absolute atomic E-state index is 11.6. The van der Waals surface area contributed by atoms with Gasteiger partial charge in [0.15, 0.2) is 0 Å². The second-order valence-electron chi connectivity index (χ2n) is 3.34. The normalized spacial score (nSPS) is 10.4. The summed E-state index contributed by atoms with van der Waals surface area (Å²) in [4.78, 5) is 12.1. The Kier molecular flexibility index (Phi) is 2.95. The maximum Gasteiger partial charge on any atom is 0.264 e. The highest BCUT2D eigenvalue weighted by molar-refractivity contribution is 7.07. The summed E-state index contributed by atoms with van der Waals surface area (Å²) >= 11 is 1.08. The lowest BCUT2D eigenvalue weighted by Gasteiger charge is -2.02. The first-order chi connectivity index (χ1) is 7.68. The Morgan fingerprint density at radius 1 is 1.56 bits per heavy atom. The fourth-order valence-corrected chi connectivity index (χ4v) is 1.68. The van der Waals surface area contributed by atoms with Gasteiger partial charge in [0.2, 0.25) is 0 Å². The molecule has 0 unspecified atom stereocenters. The van der Waals surface area contributed by atoms with Crippen molar-refractivity contribution in [1.29, 1.82) is 0 Å². The smallest absolute Gasteiger partial charge is 0.264 e. The predicted octanol–water partition coefficient (Wildman–Crippen LogP) is 0.510. The van der Waals surface area contributed by atoms with Crippen molar-refractivity contribution in [2.75, 3.05) is 0 Å². The van der Waals surface area contributed by atoms with Gasteiger partial charge in [-0.15, -0.1) is 5.10 Å². The Morgan fingerprint density at radius 2 is 2.38 bits per heavy atom. The van der Waals surface area contributed by atoms with E-state index in [-0.39, 0.29) is 5.91 Å². The van der Waals surface area contributed by atoms with Gasteiger partial charge in [0.25, 0.3) is 5.91 Å². The van der Waals surface area contributed by atoms with E-state index in [1.54, 1.807) is 10.9 Å². The molecule has 2 aromatic rings. The average molecular weight is 237 g/mol. The van der Waals surface area contributed by atoms with Crippen LogP contribution >= 0.6 is 11.5 Å². The van der Waals surface area contributed by atoms with Crippen molar-refractivity contribution >= 4 is 17.4 Å². The van der Waals surface area contributed by atoms with E-state index in [1.807, 2.05) is 14.0 Å². The van der Waals surface area contributed by atoms with Crippen LogP contribution in [0, 0.1) is 6.92 Å². The minimum Gasteiger partial charge on any atom is -0.347 e. The topological polar surface area (TPSA) is 72.7 Å². The number of carbonyl (C=O) groups excluding carboxylic acids is 1. The van der Waals surface area contributed by atoms with Crippen LogP contribution in [0.2, 0.25) is 0 Å². The summed E-state index contributed by atoms with van der Waals surface area (Å²) < 4.78 is 5.41. The van der Waals surface area contributed by atoms with Crippen LogP contribution in [-0.2, 0) is 13.6 Å². The van der Waals surface area contributed by atoms with E-state index in [0.717, 1.165) is 22.8 Å². The van der Waals surface area contributed by atoms with Crippen molar-refractivity contribution < 1.29 is 4.79 Å². The van der Waals surface area contributed by atoms with Crippen LogP contribution < -0.4 is 5.32 Å². The van der Waals surface area contributed by atoms with E-state index < -0.39 is 0 Å². The first-order valence-electron chi connectivity index (χ1n) is 4.71. The molecule has 0 aliphatic carbocycles. The molecule has 84 valence electrons. The van der Waals surface area contributed by atoms with Crippen LogP contribution in [0.15, 0.2) is 12.4 Å². The number of amides is 1. The third kappa shape index (κ3) is 2.08. The molecule has 0 fully saturated rings. The van der Waals surface area contributed by atoms with Crippen LogP contribution in [0.5, 0.6) is 0 Å². The van der Waals surface area contributed by atoms with Crippen LogP contribution in [0.25, 0.3) is 0 Å². The highest BCUT2D eigenvalue weighted by Gasteiger charge is 2.09. The van der Waals surface area contributed by atoms with Crippen molar-refractivity contribution in [1.82, 2.24) is 24.7 Å². The molecule has 2 aromatic heterocycles. The number of rotatable bonds is 3. The quantitative estimate of drug-likeness (QED) is 0.844. The average Bonchev–Trinajstić information content (AvgIpc) is 2.89. The number of aromatic nitrogens is 4. The summed E-state index contributed by atoms with van der Waals surface area (Å²) in [5.41, 5.74) is 2.05. The van der Waals surface area contributed by atoms with Crippen molar-refractivity contribution in [2.24, 2.45) is 7.05 Å². The summed E-state index contributed by atoms with van der Waals surface area (Å²) in [6.07, 6.45) is 3.20. The Labute approximate surface area is 96.5 Å². The number of hydrogen-bond donors (Lipinski definition) is 1. The predicted molar refractivity (Wildman–Crippen MR) is 59.0 cm³/mol. The third-order valence-electron chi connectivity index (χ3n) is 2.36. The molecule has 0 aliphatic heterocycles. The lowest BCUT2D eigenvalue weighted by Crippen LogP contribution is -2.22. The SMILES string of the molecule is Cc1c(CNC(=O)c2cnns2)cnn1C. The molecule has 0 bridgehead atoms. The van der Waals surface area contributed by atoms with E-state index in [9.17, 15) is 4.79 Å². The summed E-state index contributed by atoms with van der Waals surface area (Å²) in [6.45, 7) is 2.43. The first kappa shape index (κ1) is 10.7. The highest BCUT2D eigenvalue weighted by Crippen LogP contribution is 2.06. The Bertz CT molecular complexity index is 490. The molecule has 2 rings (SSSR count). The largest absolute Gasteiger partial charge is 0.347 e. The monoisotopic (exact) mass is 237 g/mol. The molecule has 0 saturated carbocycles. The van der Waals surface area contributed by atoms with Gasteiger partial charge < -0.3 is 5.32 Å². The van der Waals surface area contributed by atoms with Crippen molar-refractivity contribution in [3.63, 3.8) is 0 Å². The van der Waals surface area contributed by atoms with Gasteiger partial charge in [-0.25, -0.2) is 0 Å². The summed E-state index contributed by atoms with van der Waals surface area (Å²) in [7, 11) is 1.87. The standard InChI is InChI=1S/C9H11N5OS/c1-6-7(4-12-14(6)2)3-10-9(15)8-5-11-13-16-8/h4-5H,3H2,1-2H3,(H,10,15). The second kappa shape index (κ2) is 4.40. The van der Waals surface area contributed by atoms with Gasteiger partial charge in [-0.1, -0.05) is 4.49 Å². The van der Waals surface area contributed by atoms with Crippen LogP contribution in [0.1, 0.15) is 20.9 Å². The lowest BCUT2D eigenvalue weighted by molar-refractivity contribution is 0.0954. The van der Waals surface area contributed by atoms with Gasteiger partial charge in [0, 0.05) is 24.8 Å². The van der Waals surface area contributed by atoms with E-state index in [2.05, 4.69) is 20.0 Å². The highest BCUT2D eigenvalue weighted by atomic mass is 32.1. The minimum absolute atomic E-state index is 0.154. The lowest BCUT2D eigenvalue weighted by atomic mass is 10.2. The molecule has 0 radical (unpaired) electrons. The molecule has 0 aromatic carbocycles. The first-order valence-corrected chi connectivity index (χ1v) is 5.49. The van der Waals surface area contributed by atoms with Crippen molar-refractivity contribution in [3.8, 4) is 0 Å². The maximum atomic E-state index is 11.6. The molecular formula is C9H11N5OS. The van der Waals surface area contributed by atoms with Crippen molar-refractivity contribution in [3.05, 3.63) is 28.5 Å². The van der Waals surface area contributed by atoms with Crippen LogP contribution in [-0.4, -0.2) is 25.3 Å². The molecule has 1 N–H and O–H groups in total. The Morgan fingerprint density at radius 3 is 2.94 bits per heavy atom. The second-order valence-corrected chi connectivity index (χ2v) is 4.13. The number of carbonyl (C=O) groups is 1. The van der Waals surface area contributed by atoms with Gasteiger partial charge >= 0.3 is 0 Å². The number of nitrogens with one attached hydrogen (secondary N) is 1. The van der Waals surface area contributed by atoms with E-state index >= 15 is 0 Å². The summed E-state index contributed by atoms with van der Waals surface area (Å²) in [5, 5.41) is 10.5. The molecule has 0 aliphatic rings. The minimum atomic E-state index is -0.154. The van der Waals surface area contributed by atoms with E-state index in [0.29, 0.717) is 11.4 Å². The van der Waals surface area contributed by atoms with E-state index in [1.165, 1.54) is 6.20 Å². The molecule has 0 atom stereocenters. The zero-order valence-corrected chi connectivity index (χ0v) is 9.78. The molecule has 0 spiro atoms. The van der Waals surface area contributed by atoms with Crippen molar-refractivity contribution in [2.45, 2.75) is 13.5 Å². The molecule has 7 heteroatoms. The number of hydrogen-bond acceptors (Lipinski definition) is 5. The Hall–Kier alpha value is -1.76. The Balaban J connectivity index is 1.98. The molecule has 2 heterocycles. The third-order valence-corrected chi connectivity index (χ3v) is 3.02. The molecule has 6 nitrogen and oxygen atoms in total. The van der Waals surface area contributed by atoms with Gasteiger partial charge in [-0.05, 0) is 18.5 Å².